The second-order valence-electron chi connectivity index (χ2n) is 3.34. The summed E-state index contributed by atoms with van der Waals surface area (Å²) in [6.45, 7) is 0. The van der Waals surface area contributed by atoms with Crippen molar-refractivity contribution in [2.75, 3.05) is 0 Å². The molecule has 0 saturated heterocycles. The van der Waals surface area contributed by atoms with Gasteiger partial charge in [-0.1, -0.05) is 12.1 Å². The molecule has 0 aliphatic carbocycles. The number of pyridine rings is 1. The van der Waals surface area contributed by atoms with Crippen LogP contribution in [0.1, 0.15) is 0 Å². The van der Waals surface area contributed by atoms with E-state index in [1.165, 1.54) is 12.3 Å². The molecule has 0 saturated carbocycles. The quantitative estimate of drug-likeness (QED) is 0.458. The Bertz CT molecular complexity index is 724. The fraction of sp³-hybridized carbons (Fsp3) is 0. The Labute approximate surface area is 90.2 Å². The van der Waals surface area contributed by atoms with E-state index in [2.05, 4.69) is 9.98 Å². The average Bonchev–Trinajstić information content (AvgIpc) is 2.67. The van der Waals surface area contributed by atoms with E-state index in [1.54, 1.807) is 6.07 Å². The van der Waals surface area contributed by atoms with E-state index in [9.17, 15) is 4.79 Å². The number of aliphatic imine (C=N–C) groups is 1. The van der Waals surface area contributed by atoms with Crippen LogP contribution in [0.15, 0.2) is 45.9 Å². The minimum atomic E-state index is 0.446. The molecule has 4 heteroatoms. The van der Waals surface area contributed by atoms with Crippen LogP contribution in [0, 0.1) is 0 Å². The van der Waals surface area contributed by atoms with Crippen molar-refractivity contribution in [3.63, 3.8) is 0 Å². The van der Waals surface area contributed by atoms with Gasteiger partial charge in [-0.15, -0.1) is 0 Å². The van der Waals surface area contributed by atoms with Gasteiger partial charge in [-0.2, -0.15) is 4.99 Å². The van der Waals surface area contributed by atoms with Gasteiger partial charge in [-0.25, -0.2) is 9.78 Å². The van der Waals surface area contributed by atoms with Gasteiger partial charge in [0.25, 0.3) is 0 Å². The molecule has 4 nitrogen and oxygen atoms in total. The van der Waals surface area contributed by atoms with Gasteiger partial charge in [0, 0.05) is 11.5 Å². The summed E-state index contributed by atoms with van der Waals surface area (Å²) >= 11 is 0. The fourth-order valence-electron chi connectivity index (χ4n) is 1.70. The molecule has 0 aliphatic rings. The third-order valence-electron chi connectivity index (χ3n) is 2.38. The predicted molar refractivity (Wildman–Crippen MR) is 59.3 cm³/mol. The van der Waals surface area contributed by atoms with Crippen LogP contribution in [0.25, 0.3) is 22.1 Å². The highest BCUT2D eigenvalue weighted by molar-refractivity contribution is 6.02. The molecule has 0 amide bonds. The van der Waals surface area contributed by atoms with Crippen molar-refractivity contribution >= 4 is 33.8 Å². The Kier molecular flexibility index (Phi) is 1.82. The lowest BCUT2D eigenvalue weighted by atomic mass is 10.2. The van der Waals surface area contributed by atoms with Crippen LogP contribution < -0.4 is 0 Å². The third kappa shape index (κ3) is 1.21. The van der Waals surface area contributed by atoms with E-state index in [0.29, 0.717) is 11.3 Å². The molecular formula is C12H6N2O2. The Morgan fingerprint density at radius 2 is 2.12 bits per heavy atom. The number of aromatic nitrogens is 1. The first-order valence-electron chi connectivity index (χ1n) is 4.73. The molecule has 0 unspecified atom stereocenters. The Hall–Kier alpha value is -2.45. The van der Waals surface area contributed by atoms with Gasteiger partial charge in [0.2, 0.25) is 6.08 Å². The smallest absolute Gasteiger partial charge is 0.240 e. The van der Waals surface area contributed by atoms with Gasteiger partial charge in [-0.3, -0.25) is 0 Å². The van der Waals surface area contributed by atoms with Crippen LogP contribution in [0.4, 0.5) is 5.69 Å². The van der Waals surface area contributed by atoms with Crippen LogP contribution in [0.2, 0.25) is 0 Å². The summed E-state index contributed by atoms with van der Waals surface area (Å²) in [6.07, 6.45) is 3.00. The van der Waals surface area contributed by atoms with Crippen LogP contribution in [0.3, 0.4) is 0 Å². The summed E-state index contributed by atoms with van der Waals surface area (Å²) < 4.78 is 5.59. The molecule has 3 aromatic rings. The molecule has 3 rings (SSSR count). The second-order valence-corrected chi connectivity index (χ2v) is 3.34. The first-order valence-corrected chi connectivity index (χ1v) is 4.73. The van der Waals surface area contributed by atoms with Gasteiger partial charge in [0.15, 0.2) is 5.58 Å². The summed E-state index contributed by atoms with van der Waals surface area (Å²) in [4.78, 5) is 17.9. The Morgan fingerprint density at radius 3 is 3.00 bits per heavy atom. The zero-order valence-electron chi connectivity index (χ0n) is 8.18. The van der Waals surface area contributed by atoms with Crippen LogP contribution in [0.5, 0.6) is 0 Å². The first kappa shape index (κ1) is 8.83. The van der Waals surface area contributed by atoms with Crippen molar-refractivity contribution in [3.05, 3.63) is 36.5 Å². The Balaban J connectivity index is 2.41. The topological polar surface area (TPSA) is 55.5 Å². The van der Waals surface area contributed by atoms with Crippen LogP contribution in [-0.4, -0.2) is 11.1 Å². The van der Waals surface area contributed by atoms with E-state index in [-0.39, 0.29) is 0 Å². The van der Waals surface area contributed by atoms with Crippen molar-refractivity contribution in [1.29, 1.82) is 0 Å². The molecule has 1 aromatic carbocycles. The first-order chi connectivity index (χ1) is 7.88. The lowest BCUT2D eigenvalue weighted by molar-refractivity contribution is 0.565. The number of nitrogens with zero attached hydrogens (tertiary/aromatic N) is 2. The second kappa shape index (κ2) is 3.29. The van der Waals surface area contributed by atoms with Crippen LogP contribution in [-0.2, 0) is 4.79 Å². The number of carbonyl (C=O) groups excluding carboxylic acids is 1. The molecule has 16 heavy (non-hydrogen) atoms. The van der Waals surface area contributed by atoms with Gasteiger partial charge in [-0.05, 0) is 12.1 Å². The molecule has 0 bridgehead atoms. The van der Waals surface area contributed by atoms with Crippen molar-refractivity contribution in [2.24, 2.45) is 4.99 Å². The monoisotopic (exact) mass is 210 g/mol. The van der Waals surface area contributed by atoms with Gasteiger partial charge in [0.05, 0.1) is 11.9 Å². The number of benzene rings is 1. The van der Waals surface area contributed by atoms with Gasteiger partial charge in [0.1, 0.15) is 11.1 Å². The van der Waals surface area contributed by atoms with Crippen molar-refractivity contribution in [1.82, 2.24) is 4.98 Å². The normalized spacial score (nSPS) is 10.5. The highest BCUT2D eigenvalue weighted by atomic mass is 16.3. The summed E-state index contributed by atoms with van der Waals surface area (Å²) in [5.41, 5.74) is 2.62. The van der Waals surface area contributed by atoms with E-state index >= 15 is 0 Å². The number of isocyanates is 1. The number of hydrogen-bond acceptors (Lipinski definition) is 4. The minimum Gasteiger partial charge on any atom is -0.454 e. The third-order valence-corrected chi connectivity index (χ3v) is 2.38. The number of fused-ring (bicyclic) bond motifs is 3. The predicted octanol–water partition coefficient (Wildman–Crippen LogP) is 2.95. The largest absolute Gasteiger partial charge is 0.454 e. The van der Waals surface area contributed by atoms with E-state index < -0.39 is 0 Å². The molecule has 2 aromatic heterocycles. The zero-order chi connectivity index (χ0) is 11.0. The lowest BCUT2D eigenvalue weighted by Gasteiger charge is -1.89. The maximum absolute atomic E-state index is 10.1. The average molecular weight is 210 g/mol. The highest BCUT2D eigenvalue weighted by Gasteiger charge is 2.07. The fourth-order valence-corrected chi connectivity index (χ4v) is 1.70. The van der Waals surface area contributed by atoms with E-state index in [1.807, 2.05) is 24.3 Å². The number of rotatable bonds is 1. The summed E-state index contributed by atoms with van der Waals surface area (Å²) in [5.74, 6) is 0. The molecule has 0 aliphatic heterocycles. The maximum atomic E-state index is 10.1. The Morgan fingerprint density at radius 1 is 1.25 bits per heavy atom. The molecule has 0 spiro atoms. The molecule has 0 atom stereocenters. The summed E-state index contributed by atoms with van der Waals surface area (Å²) in [5, 5.41) is 0.958. The minimum absolute atomic E-state index is 0.446. The number of para-hydroxylation sites is 1. The van der Waals surface area contributed by atoms with E-state index in [0.717, 1.165) is 16.5 Å². The summed E-state index contributed by atoms with van der Waals surface area (Å²) in [7, 11) is 0. The molecule has 0 radical (unpaired) electrons. The molecule has 2 heterocycles. The van der Waals surface area contributed by atoms with Crippen LogP contribution >= 0.6 is 0 Å². The number of furan rings is 1. The van der Waals surface area contributed by atoms with Crippen molar-refractivity contribution in [3.8, 4) is 0 Å². The molecule has 76 valence electrons. The lowest BCUT2D eigenvalue weighted by Crippen LogP contribution is -1.73. The van der Waals surface area contributed by atoms with Gasteiger partial charge >= 0.3 is 0 Å². The summed E-state index contributed by atoms with van der Waals surface area (Å²) in [6, 6.07) is 9.31. The highest BCUT2D eigenvalue weighted by Crippen LogP contribution is 2.28. The van der Waals surface area contributed by atoms with Gasteiger partial charge < -0.3 is 4.42 Å². The SMILES string of the molecule is O=C=Nc1cnc2c(c1)oc1ccccc12. The molecule has 0 fully saturated rings. The molecule has 0 N–H and O–H groups in total. The standard InChI is InChI=1S/C12H6N2O2/c15-7-14-8-5-11-12(13-6-8)9-3-1-2-4-10(9)16-11/h1-6H. The zero-order valence-corrected chi connectivity index (χ0v) is 8.18. The van der Waals surface area contributed by atoms with E-state index in [4.69, 9.17) is 4.42 Å². The molecular weight excluding hydrogens is 204 g/mol. The van der Waals surface area contributed by atoms with Crippen molar-refractivity contribution in [2.45, 2.75) is 0 Å². The number of hydrogen-bond donors (Lipinski definition) is 0. The maximum Gasteiger partial charge on any atom is 0.240 e. The van der Waals surface area contributed by atoms with Crippen molar-refractivity contribution < 1.29 is 9.21 Å².